The molecule has 0 radical (unpaired) electrons. The van der Waals surface area contributed by atoms with Gasteiger partial charge in [-0.25, -0.2) is 9.79 Å². The Kier molecular flexibility index (Phi) is 8.73. The normalized spacial score (nSPS) is 15.0. The van der Waals surface area contributed by atoms with Gasteiger partial charge in [-0.05, 0) is 63.6 Å². The maximum absolute atomic E-state index is 14.3. The minimum atomic E-state index is -0.772. The molecule has 0 aliphatic carbocycles. The quantitative estimate of drug-likeness (QED) is 0.170. The minimum absolute atomic E-state index is 0.113. The van der Waals surface area contributed by atoms with Crippen molar-refractivity contribution in [1.82, 2.24) is 9.13 Å². The fraction of sp³-hybridized carbons (Fsp3) is 0.229. The number of allylic oxidation sites excluding steroid dienone is 1. The molecule has 6 rings (SSSR count). The molecular weight excluding hydrogens is 629 g/mol. The molecule has 0 saturated carbocycles. The van der Waals surface area contributed by atoms with Gasteiger partial charge in [0.15, 0.2) is 4.80 Å². The molecule has 2 aromatic heterocycles. The van der Waals surface area contributed by atoms with Gasteiger partial charge in [0.1, 0.15) is 11.8 Å². The molecule has 7 nitrogen and oxygen atoms in total. The largest absolute Gasteiger partial charge is 0.491 e. The van der Waals surface area contributed by atoms with Crippen LogP contribution in [0.25, 0.3) is 17.0 Å². The lowest BCUT2D eigenvalue weighted by Gasteiger charge is -2.26. The Balaban J connectivity index is 1.53. The number of nitrogens with zero attached hydrogens (tertiary/aromatic N) is 3. The number of halogens is 2. The van der Waals surface area contributed by atoms with Crippen LogP contribution >= 0.6 is 34.5 Å². The van der Waals surface area contributed by atoms with Crippen molar-refractivity contribution in [3.05, 3.63) is 131 Å². The predicted molar refractivity (Wildman–Crippen MR) is 180 cm³/mol. The van der Waals surface area contributed by atoms with Gasteiger partial charge in [-0.1, -0.05) is 77.0 Å². The van der Waals surface area contributed by atoms with Crippen LogP contribution in [0.3, 0.4) is 0 Å². The second kappa shape index (κ2) is 12.7. The van der Waals surface area contributed by atoms with Crippen molar-refractivity contribution in [2.45, 2.75) is 46.4 Å². The molecule has 0 unspecified atom stereocenters. The number of hydrogen-bond donors (Lipinski definition) is 0. The van der Waals surface area contributed by atoms with Crippen molar-refractivity contribution in [2.24, 2.45) is 4.99 Å². The van der Waals surface area contributed by atoms with E-state index in [0.717, 1.165) is 22.0 Å². The summed E-state index contributed by atoms with van der Waals surface area (Å²) in [5.41, 5.74) is 4.05. The number of ether oxygens (including phenoxy) is 2. The smallest absolute Gasteiger partial charge is 0.338 e. The van der Waals surface area contributed by atoms with Crippen LogP contribution in [-0.4, -0.2) is 27.8 Å². The molecule has 0 fully saturated rings. The molecular formula is C35H31Cl2N3O4S. The number of thiazole rings is 1. The number of carbonyl (C=O) groups is 1. The summed E-state index contributed by atoms with van der Waals surface area (Å²) >= 11 is 13.9. The Morgan fingerprint density at radius 3 is 2.60 bits per heavy atom. The van der Waals surface area contributed by atoms with E-state index in [4.69, 9.17) is 37.7 Å². The van der Waals surface area contributed by atoms with Crippen molar-refractivity contribution in [1.29, 1.82) is 0 Å². The third-order valence-corrected chi connectivity index (χ3v) is 9.12. The first-order valence-corrected chi connectivity index (χ1v) is 16.2. The van der Waals surface area contributed by atoms with Crippen LogP contribution in [0.4, 0.5) is 0 Å². The highest BCUT2D eigenvalue weighted by atomic mass is 35.5. The molecule has 1 aliphatic heterocycles. The first kappa shape index (κ1) is 30.9. The van der Waals surface area contributed by atoms with Crippen LogP contribution in [0.5, 0.6) is 5.75 Å². The van der Waals surface area contributed by atoms with E-state index in [1.165, 1.54) is 11.3 Å². The summed E-state index contributed by atoms with van der Waals surface area (Å²) in [6, 6.07) is 20.2. The maximum atomic E-state index is 14.3. The molecule has 5 aromatic rings. The Labute approximate surface area is 274 Å². The van der Waals surface area contributed by atoms with Gasteiger partial charge in [0.25, 0.3) is 5.56 Å². The molecule has 45 heavy (non-hydrogen) atoms. The second-order valence-corrected chi connectivity index (χ2v) is 12.8. The molecule has 230 valence electrons. The number of aromatic nitrogens is 2. The van der Waals surface area contributed by atoms with Crippen LogP contribution < -0.4 is 19.6 Å². The third-order valence-electron chi connectivity index (χ3n) is 7.56. The highest BCUT2D eigenvalue weighted by Gasteiger charge is 2.35. The van der Waals surface area contributed by atoms with Gasteiger partial charge in [0.2, 0.25) is 0 Å². The second-order valence-electron chi connectivity index (χ2n) is 11.0. The van der Waals surface area contributed by atoms with Gasteiger partial charge >= 0.3 is 5.97 Å². The molecule has 0 bridgehead atoms. The van der Waals surface area contributed by atoms with Crippen molar-refractivity contribution < 1.29 is 14.3 Å². The van der Waals surface area contributed by atoms with Crippen molar-refractivity contribution in [3.63, 3.8) is 0 Å². The fourth-order valence-electron chi connectivity index (χ4n) is 5.65. The van der Waals surface area contributed by atoms with Crippen LogP contribution in [0.2, 0.25) is 10.0 Å². The van der Waals surface area contributed by atoms with E-state index in [1.807, 2.05) is 86.8 Å². The highest BCUT2D eigenvalue weighted by Crippen LogP contribution is 2.36. The summed E-state index contributed by atoms with van der Waals surface area (Å²) in [5.74, 6) is 0.0776. The summed E-state index contributed by atoms with van der Waals surface area (Å²) in [6.07, 6.45) is 3.80. The fourth-order valence-corrected chi connectivity index (χ4v) is 7.15. The van der Waals surface area contributed by atoms with Crippen LogP contribution in [-0.2, 0) is 16.1 Å². The molecule has 10 heteroatoms. The Morgan fingerprint density at radius 2 is 1.84 bits per heavy atom. The van der Waals surface area contributed by atoms with E-state index in [0.29, 0.717) is 48.5 Å². The third kappa shape index (κ3) is 5.98. The number of hydrogen-bond acceptors (Lipinski definition) is 6. The monoisotopic (exact) mass is 659 g/mol. The molecule has 0 amide bonds. The number of rotatable bonds is 8. The SMILES string of the molecule is CCOC(=O)C1=C(C)N=c2s/c(=C\c3cn(Cc4ccc(Cl)cc4Cl)c4ccccc34)c(=O)n2[C@H]1c1ccccc1OC(C)C. The highest BCUT2D eigenvalue weighted by molar-refractivity contribution is 7.07. The van der Waals surface area contributed by atoms with Gasteiger partial charge in [-0.15, -0.1) is 0 Å². The van der Waals surface area contributed by atoms with Gasteiger partial charge < -0.3 is 14.0 Å². The zero-order valence-corrected chi connectivity index (χ0v) is 27.5. The van der Waals surface area contributed by atoms with E-state index < -0.39 is 12.0 Å². The summed E-state index contributed by atoms with van der Waals surface area (Å²) in [5, 5.41) is 2.16. The molecule has 0 saturated heterocycles. The lowest BCUT2D eigenvalue weighted by molar-refractivity contribution is -0.139. The van der Waals surface area contributed by atoms with Crippen molar-refractivity contribution >= 4 is 57.5 Å². The Bertz CT molecular complexity index is 2160. The minimum Gasteiger partial charge on any atom is -0.491 e. The van der Waals surface area contributed by atoms with E-state index in [-0.39, 0.29) is 18.3 Å². The predicted octanol–water partition coefficient (Wildman–Crippen LogP) is 6.90. The van der Waals surface area contributed by atoms with Crippen LogP contribution in [0.1, 0.15) is 50.4 Å². The van der Waals surface area contributed by atoms with Crippen molar-refractivity contribution in [3.8, 4) is 5.75 Å². The average Bonchev–Trinajstić information content (AvgIpc) is 3.50. The van der Waals surface area contributed by atoms with Gasteiger partial charge in [0, 0.05) is 44.8 Å². The van der Waals surface area contributed by atoms with E-state index in [9.17, 15) is 9.59 Å². The topological polar surface area (TPSA) is 74.8 Å². The van der Waals surface area contributed by atoms with Crippen molar-refractivity contribution in [2.75, 3.05) is 6.61 Å². The average molecular weight is 661 g/mol. The number of esters is 1. The molecule has 1 atom stereocenters. The number of benzene rings is 3. The van der Waals surface area contributed by atoms with Crippen LogP contribution in [0, 0.1) is 0 Å². The van der Waals surface area contributed by atoms with E-state index in [2.05, 4.69) is 4.57 Å². The van der Waals surface area contributed by atoms with E-state index >= 15 is 0 Å². The number of fused-ring (bicyclic) bond motifs is 2. The molecule has 3 heterocycles. The standard InChI is InChI=1S/C35H31Cl2N3O4S/c1-5-43-34(42)31-21(4)38-35-40(32(31)26-11-7-9-13-29(26)44-20(2)3)33(41)30(45-35)16-23-19-39(28-12-8-6-10-25(23)28)18-22-14-15-24(36)17-27(22)37/h6-17,19-20,32H,5,18H2,1-4H3/b30-16-/t32-/m0/s1. The maximum Gasteiger partial charge on any atom is 0.338 e. The van der Waals surface area contributed by atoms with Gasteiger partial charge in [0.05, 0.1) is 28.5 Å². The van der Waals surface area contributed by atoms with E-state index in [1.54, 1.807) is 24.5 Å². The molecule has 0 N–H and O–H groups in total. The van der Waals surface area contributed by atoms with Gasteiger partial charge in [-0.2, -0.15) is 0 Å². The lowest BCUT2D eigenvalue weighted by Crippen LogP contribution is -2.40. The zero-order valence-electron chi connectivity index (χ0n) is 25.2. The first-order valence-electron chi connectivity index (χ1n) is 14.6. The van der Waals surface area contributed by atoms with Gasteiger partial charge in [-0.3, -0.25) is 9.36 Å². The Hall–Kier alpha value is -4.11. The zero-order chi connectivity index (χ0) is 31.8. The molecule has 1 aliphatic rings. The summed E-state index contributed by atoms with van der Waals surface area (Å²) < 4.78 is 15.8. The Morgan fingerprint density at radius 1 is 1.09 bits per heavy atom. The number of carbonyl (C=O) groups excluding carboxylic acids is 1. The summed E-state index contributed by atoms with van der Waals surface area (Å²) in [6.45, 7) is 8.13. The number of para-hydroxylation sites is 2. The first-order chi connectivity index (χ1) is 21.7. The summed E-state index contributed by atoms with van der Waals surface area (Å²) in [4.78, 5) is 32.9. The molecule has 3 aromatic carbocycles. The summed E-state index contributed by atoms with van der Waals surface area (Å²) in [7, 11) is 0. The van der Waals surface area contributed by atoms with Crippen LogP contribution in [0.15, 0.2) is 94.0 Å². The lowest BCUT2D eigenvalue weighted by atomic mass is 9.95. The molecule has 0 spiro atoms.